The number of aryl methyl sites for hydroxylation is 1. The summed E-state index contributed by atoms with van der Waals surface area (Å²) in [5.41, 5.74) is 3.64. The van der Waals surface area contributed by atoms with Gasteiger partial charge in [-0.2, -0.15) is 0 Å². The normalized spacial score (nSPS) is 10.5. The maximum Gasteiger partial charge on any atom is 0.122 e. The molecule has 3 heteroatoms. The van der Waals surface area contributed by atoms with Crippen molar-refractivity contribution in [2.75, 3.05) is 7.11 Å². The molecule has 2 rings (SSSR count). The van der Waals surface area contributed by atoms with E-state index in [9.17, 15) is 0 Å². The molecule has 0 amide bonds. The minimum atomic E-state index is 0.566. The van der Waals surface area contributed by atoms with Crippen molar-refractivity contribution in [1.82, 2.24) is 0 Å². The van der Waals surface area contributed by atoms with Crippen LogP contribution in [-0.2, 0) is 11.6 Å². The van der Waals surface area contributed by atoms with Crippen molar-refractivity contribution in [2.45, 2.75) is 23.5 Å². The highest BCUT2D eigenvalue weighted by molar-refractivity contribution is 7.98. The molecule has 0 fully saturated rings. The van der Waals surface area contributed by atoms with Crippen LogP contribution < -0.4 is 4.74 Å². The average Bonchev–Trinajstić information content (AvgIpc) is 2.46. The van der Waals surface area contributed by atoms with Crippen molar-refractivity contribution in [2.24, 2.45) is 0 Å². The second kappa shape index (κ2) is 6.88. The number of rotatable bonds is 5. The minimum absolute atomic E-state index is 0.566. The van der Waals surface area contributed by atoms with E-state index in [0.29, 0.717) is 5.88 Å². The zero-order valence-electron chi connectivity index (χ0n) is 11.2. The number of hydrogen-bond donors (Lipinski definition) is 0. The molecule has 0 aliphatic rings. The molecule has 2 aromatic rings. The van der Waals surface area contributed by atoms with Crippen LogP contribution in [0.15, 0.2) is 47.4 Å². The van der Waals surface area contributed by atoms with E-state index in [-0.39, 0.29) is 0 Å². The van der Waals surface area contributed by atoms with Gasteiger partial charge in [-0.25, -0.2) is 0 Å². The molecule has 0 saturated carbocycles. The largest absolute Gasteiger partial charge is 0.496 e. The van der Waals surface area contributed by atoms with Gasteiger partial charge in [-0.3, -0.25) is 0 Å². The number of alkyl halides is 1. The Morgan fingerprint density at radius 1 is 1.11 bits per heavy atom. The van der Waals surface area contributed by atoms with Crippen LogP contribution in [0.3, 0.4) is 0 Å². The average molecular weight is 293 g/mol. The highest BCUT2D eigenvalue weighted by Crippen LogP contribution is 2.29. The third kappa shape index (κ3) is 3.92. The smallest absolute Gasteiger partial charge is 0.122 e. The van der Waals surface area contributed by atoms with Crippen molar-refractivity contribution in [3.63, 3.8) is 0 Å². The minimum Gasteiger partial charge on any atom is -0.496 e. The van der Waals surface area contributed by atoms with Crippen molar-refractivity contribution in [1.29, 1.82) is 0 Å². The molecule has 19 heavy (non-hydrogen) atoms. The number of hydrogen-bond acceptors (Lipinski definition) is 2. The van der Waals surface area contributed by atoms with Gasteiger partial charge in [0.05, 0.1) is 7.11 Å². The predicted octanol–water partition coefficient (Wildman–Crippen LogP) is 5.03. The van der Waals surface area contributed by atoms with Gasteiger partial charge in [-0.1, -0.05) is 29.8 Å². The Hall–Kier alpha value is -1.12. The number of halogens is 1. The van der Waals surface area contributed by atoms with E-state index in [1.807, 2.05) is 17.8 Å². The summed E-state index contributed by atoms with van der Waals surface area (Å²) < 4.78 is 5.39. The highest BCUT2D eigenvalue weighted by Gasteiger charge is 2.04. The molecule has 0 aromatic heterocycles. The molecule has 0 saturated heterocycles. The number of thioether (sulfide) groups is 1. The van der Waals surface area contributed by atoms with Gasteiger partial charge in [-0.15, -0.1) is 23.4 Å². The van der Waals surface area contributed by atoms with Gasteiger partial charge < -0.3 is 4.74 Å². The van der Waals surface area contributed by atoms with Crippen LogP contribution in [0.1, 0.15) is 16.7 Å². The van der Waals surface area contributed by atoms with E-state index in [1.165, 1.54) is 16.0 Å². The first kappa shape index (κ1) is 14.3. The van der Waals surface area contributed by atoms with E-state index >= 15 is 0 Å². The van der Waals surface area contributed by atoms with E-state index in [1.54, 1.807) is 7.11 Å². The number of ether oxygens (including phenoxy) is 1. The highest BCUT2D eigenvalue weighted by atomic mass is 35.5. The number of methoxy groups -OCH3 is 1. The van der Waals surface area contributed by atoms with E-state index in [0.717, 1.165) is 17.1 Å². The fourth-order valence-corrected chi connectivity index (χ4v) is 2.91. The van der Waals surface area contributed by atoms with Crippen LogP contribution in [-0.4, -0.2) is 7.11 Å². The summed E-state index contributed by atoms with van der Waals surface area (Å²) in [5, 5.41) is 0. The summed E-state index contributed by atoms with van der Waals surface area (Å²) in [6, 6.07) is 14.7. The van der Waals surface area contributed by atoms with Gasteiger partial charge >= 0.3 is 0 Å². The van der Waals surface area contributed by atoms with Crippen molar-refractivity contribution in [3.8, 4) is 5.75 Å². The molecule has 1 nitrogen and oxygen atoms in total. The Morgan fingerprint density at radius 2 is 1.84 bits per heavy atom. The van der Waals surface area contributed by atoms with Gasteiger partial charge in [0.25, 0.3) is 0 Å². The molecule has 0 bridgehead atoms. The third-order valence-electron chi connectivity index (χ3n) is 2.91. The third-order valence-corrected chi connectivity index (χ3v) is 4.28. The number of benzene rings is 2. The van der Waals surface area contributed by atoms with Crippen molar-refractivity contribution < 1.29 is 4.74 Å². The van der Waals surface area contributed by atoms with Crippen molar-refractivity contribution in [3.05, 3.63) is 59.2 Å². The predicted molar refractivity (Wildman–Crippen MR) is 83.3 cm³/mol. The standard InChI is InChI=1S/C16H17ClOS/c1-12-3-8-16(18-2)14(9-12)11-19-15-6-4-13(10-17)5-7-15/h3-9H,10-11H2,1-2H3. The van der Waals surface area contributed by atoms with Crippen LogP contribution in [0.2, 0.25) is 0 Å². The monoisotopic (exact) mass is 292 g/mol. The van der Waals surface area contributed by atoms with Crippen LogP contribution >= 0.6 is 23.4 Å². The molecule has 0 heterocycles. The molecular formula is C16H17ClOS. The zero-order valence-corrected chi connectivity index (χ0v) is 12.7. The topological polar surface area (TPSA) is 9.23 Å². The molecule has 0 atom stereocenters. The molecule has 0 N–H and O–H groups in total. The molecule has 0 unspecified atom stereocenters. The van der Waals surface area contributed by atoms with Crippen molar-refractivity contribution >= 4 is 23.4 Å². The maximum atomic E-state index is 5.79. The summed E-state index contributed by atoms with van der Waals surface area (Å²) in [4.78, 5) is 1.25. The second-order valence-corrected chi connectivity index (χ2v) is 5.70. The van der Waals surface area contributed by atoms with Gasteiger partial charge in [0, 0.05) is 22.1 Å². The molecule has 0 aliphatic heterocycles. The van der Waals surface area contributed by atoms with Gasteiger partial charge in [0.15, 0.2) is 0 Å². The van der Waals surface area contributed by atoms with Crippen LogP contribution in [0.4, 0.5) is 0 Å². The molecule has 0 spiro atoms. The van der Waals surface area contributed by atoms with E-state index < -0.39 is 0 Å². The van der Waals surface area contributed by atoms with Gasteiger partial charge in [-0.05, 0) is 30.7 Å². The summed E-state index contributed by atoms with van der Waals surface area (Å²) >= 11 is 7.59. The van der Waals surface area contributed by atoms with Gasteiger partial charge in [0.1, 0.15) is 5.75 Å². The second-order valence-electron chi connectivity index (χ2n) is 4.38. The van der Waals surface area contributed by atoms with Crippen LogP contribution in [0, 0.1) is 6.92 Å². The molecule has 0 radical (unpaired) electrons. The van der Waals surface area contributed by atoms with Crippen LogP contribution in [0.25, 0.3) is 0 Å². The first-order valence-corrected chi connectivity index (χ1v) is 7.66. The quantitative estimate of drug-likeness (QED) is 0.564. The molecule has 100 valence electrons. The fourth-order valence-electron chi connectivity index (χ4n) is 1.86. The lowest BCUT2D eigenvalue weighted by Crippen LogP contribution is -1.91. The molecule has 2 aromatic carbocycles. The molecule has 0 aliphatic carbocycles. The SMILES string of the molecule is COc1ccc(C)cc1CSc1ccc(CCl)cc1. The van der Waals surface area contributed by atoms with Gasteiger partial charge in [0.2, 0.25) is 0 Å². The van der Waals surface area contributed by atoms with E-state index in [4.69, 9.17) is 16.3 Å². The fraction of sp³-hybridized carbons (Fsp3) is 0.250. The zero-order chi connectivity index (χ0) is 13.7. The maximum absolute atomic E-state index is 5.79. The van der Waals surface area contributed by atoms with E-state index in [2.05, 4.69) is 43.3 Å². The first-order valence-electron chi connectivity index (χ1n) is 6.14. The van der Waals surface area contributed by atoms with Crippen LogP contribution in [0.5, 0.6) is 5.75 Å². The Kier molecular flexibility index (Phi) is 5.17. The lowest BCUT2D eigenvalue weighted by molar-refractivity contribution is 0.411. The Labute approximate surface area is 123 Å². The first-order chi connectivity index (χ1) is 9.22. The summed E-state index contributed by atoms with van der Waals surface area (Å²) in [6.07, 6.45) is 0. The summed E-state index contributed by atoms with van der Waals surface area (Å²) in [5.74, 6) is 2.43. The Morgan fingerprint density at radius 3 is 2.47 bits per heavy atom. The summed E-state index contributed by atoms with van der Waals surface area (Å²) in [6.45, 7) is 2.10. The Balaban J connectivity index is 2.07. The molecular weight excluding hydrogens is 276 g/mol. The lowest BCUT2D eigenvalue weighted by atomic mass is 10.1. The summed E-state index contributed by atoms with van der Waals surface area (Å²) in [7, 11) is 1.72. The lowest BCUT2D eigenvalue weighted by Gasteiger charge is -2.09. The Bertz CT molecular complexity index is 537.